The molecule has 1 heterocycles. The third-order valence-corrected chi connectivity index (χ3v) is 3.84. The van der Waals surface area contributed by atoms with E-state index in [-0.39, 0.29) is 29.8 Å². The maximum absolute atomic E-state index is 11.4. The molecule has 2 aromatic rings. The fourth-order valence-corrected chi connectivity index (χ4v) is 2.56. The van der Waals surface area contributed by atoms with Crippen molar-refractivity contribution >= 4 is 23.1 Å². The Bertz CT molecular complexity index is 864. The predicted octanol–water partition coefficient (Wildman–Crippen LogP) is 1.72. The first-order valence-corrected chi connectivity index (χ1v) is 7.68. The molecular formula is C17H18N4O4. The van der Waals surface area contributed by atoms with Crippen LogP contribution in [0.3, 0.4) is 0 Å². The number of aromatic hydroxyl groups is 2. The highest BCUT2D eigenvalue weighted by atomic mass is 16.5. The van der Waals surface area contributed by atoms with Gasteiger partial charge >= 0.3 is 0 Å². The number of aryl methyl sites for hydroxylation is 1. The van der Waals surface area contributed by atoms with Gasteiger partial charge in [-0.15, -0.1) is 0 Å². The van der Waals surface area contributed by atoms with Gasteiger partial charge in [-0.2, -0.15) is 5.10 Å². The van der Waals surface area contributed by atoms with Crippen LogP contribution in [0.5, 0.6) is 17.2 Å². The molecule has 0 saturated carbocycles. The number of amides is 1. The largest absolute Gasteiger partial charge is 0.508 e. The predicted molar refractivity (Wildman–Crippen MR) is 94.1 cm³/mol. The summed E-state index contributed by atoms with van der Waals surface area (Å²) in [6.07, 6.45) is 0.583. The number of nitrogens with two attached hydrogens (primary N) is 1. The van der Waals surface area contributed by atoms with E-state index in [2.05, 4.69) is 15.7 Å². The molecule has 0 aliphatic carbocycles. The monoisotopic (exact) mass is 342 g/mol. The van der Waals surface area contributed by atoms with E-state index < -0.39 is 0 Å². The van der Waals surface area contributed by atoms with Crippen LogP contribution in [0.4, 0.5) is 11.4 Å². The average molecular weight is 342 g/mol. The quantitative estimate of drug-likeness (QED) is 0.250. The number of fused-ring (bicyclic) bond motifs is 1. The number of carbonyl (C=O) groups is 1. The van der Waals surface area contributed by atoms with Crippen molar-refractivity contribution in [2.45, 2.75) is 13.3 Å². The molecule has 1 amide bonds. The summed E-state index contributed by atoms with van der Waals surface area (Å²) in [6, 6.07) is 7.99. The van der Waals surface area contributed by atoms with E-state index in [1.165, 1.54) is 6.07 Å². The van der Waals surface area contributed by atoms with E-state index in [9.17, 15) is 15.0 Å². The fraction of sp³-hybridized carbons (Fsp3) is 0.176. The summed E-state index contributed by atoms with van der Waals surface area (Å²) in [5.74, 6) is 5.87. The molecule has 0 saturated heterocycles. The highest BCUT2D eigenvalue weighted by Gasteiger charge is 2.18. The number of nitrogens with one attached hydrogen (secondary N) is 2. The van der Waals surface area contributed by atoms with E-state index in [0.717, 1.165) is 0 Å². The molecule has 130 valence electrons. The highest BCUT2D eigenvalue weighted by molar-refractivity contribution is 6.10. The Morgan fingerprint density at radius 2 is 2.12 bits per heavy atom. The molecule has 1 aliphatic rings. The van der Waals surface area contributed by atoms with Crippen molar-refractivity contribution in [3.63, 3.8) is 0 Å². The molecule has 8 heteroatoms. The van der Waals surface area contributed by atoms with E-state index >= 15 is 0 Å². The first-order chi connectivity index (χ1) is 12.0. The van der Waals surface area contributed by atoms with Crippen molar-refractivity contribution in [2.75, 3.05) is 17.2 Å². The zero-order valence-corrected chi connectivity index (χ0v) is 13.5. The number of anilines is 2. The summed E-state index contributed by atoms with van der Waals surface area (Å²) < 4.78 is 5.31. The number of hydrazone groups is 1. The van der Waals surface area contributed by atoms with Gasteiger partial charge in [-0.3, -0.25) is 4.79 Å². The Morgan fingerprint density at radius 3 is 2.84 bits per heavy atom. The molecule has 0 radical (unpaired) electrons. The van der Waals surface area contributed by atoms with Gasteiger partial charge in [0.1, 0.15) is 17.2 Å². The number of hydrogen-bond acceptors (Lipinski definition) is 6. The van der Waals surface area contributed by atoms with Crippen LogP contribution in [-0.4, -0.2) is 28.6 Å². The number of hydrogen-bond donors (Lipinski definition) is 5. The van der Waals surface area contributed by atoms with Crippen molar-refractivity contribution in [3.8, 4) is 17.2 Å². The number of ether oxygens (including phenoxy) is 1. The minimum atomic E-state index is -0.235. The summed E-state index contributed by atoms with van der Waals surface area (Å²) in [5, 5.41) is 29.3. The van der Waals surface area contributed by atoms with E-state index in [1.54, 1.807) is 24.3 Å². The van der Waals surface area contributed by atoms with Gasteiger partial charge in [0, 0.05) is 11.8 Å². The second-order valence-electron chi connectivity index (χ2n) is 5.50. The van der Waals surface area contributed by atoms with Gasteiger partial charge < -0.3 is 31.4 Å². The molecular weight excluding hydrogens is 324 g/mol. The lowest BCUT2D eigenvalue weighted by atomic mass is 10.1. The highest BCUT2D eigenvalue weighted by Crippen LogP contribution is 2.32. The third-order valence-electron chi connectivity index (χ3n) is 3.84. The molecule has 2 aromatic carbocycles. The van der Waals surface area contributed by atoms with Crippen molar-refractivity contribution in [2.24, 2.45) is 10.9 Å². The molecule has 0 unspecified atom stereocenters. The zero-order valence-electron chi connectivity index (χ0n) is 13.5. The van der Waals surface area contributed by atoms with Crippen molar-refractivity contribution in [3.05, 3.63) is 41.5 Å². The summed E-state index contributed by atoms with van der Waals surface area (Å²) in [6.45, 7) is 1.87. The average Bonchev–Trinajstić information content (AvgIpc) is 2.60. The molecule has 6 N–H and O–H groups in total. The maximum atomic E-state index is 11.4. The lowest BCUT2D eigenvalue weighted by molar-refractivity contribution is -0.118. The van der Waals surface area contributed by atoms with Gasteiger partial charge in [-0.05, 0) is 36.2 Å². The second-order valence-corrected chi connectivity index (χ2v) is 5.50. The first-order valence-electron chi connectivity index (χ1n) is 7.68. The van der Waals surface area contributed by atoms with Crippen LogP contribution in [0.2, 0.25) is 0 Å². The van der Waals surface area contributed by atoms with Crippen molar-refractivity contribution in [1.29, 1.82) is 0 Å². The molecule has 3 rings (SSSR count). The summed E-state index contributed by atoms with van der Waals surface area (Å²) in [7, 11) is 0. The van der Waals surface area contributed by atoms with Gasteiger partial charge in [0.05, 0.1) is 11.3 Å². The number of amidine groups is 1. The molecule has 25 heavy (non-hydrogen) atoms. The van der Waals surface area contributed by atoms with Crippen LogP contribution in [0.1, 0.15) is 18.1 Å². The number of nitrogens with zero attached hydrogens (tertiary/aromatic N) is 1. The minimum Gasteiger partial charge on any atom is -0.508 e. The molecule has 0 bridgehead atoms. The van der Waals surface area contributed by atoms with Gasteiger partial charge in [-0.1, -0.05) is 6.92 Å². The molecule has 0 spiro atoms. The van der Waals surface area contributed by atoms with Crippen LogP contribution in [0.15, 0.2) is 35.4 Å². The van der Waals surface area contributed by atoms with Crippen molar-refractivity contribution in [1.82, 2.24) is 0 Å². The standard InChI is InChI=1S/C17H18N4O4/c1-2-9-5-11(14(23)7-13(9)22)17(21-18)19-10-3-4-15-12(6-10)20-16(24)8-25-15/h3-7,22-23H,2,8,18H2,1H3,(H,19,21)(H,20,24). The topological polar surface area (TPSA) is 129 Å². The van der Waals surface area contributed by atoms with E-state index in [0.29, 0.717) is 34.7 Å². The van der Waals surface area contributed by atoms with Crippen LogP contribution < -0.4 is 21.2 Å². The molecule has 0 fully saturated rings. The van der Waals surface area contributed by atoms with Gasteiger partial charge in [0.2, 0.25) is 0 Å². The SMILES string of the molecule is CCc1cc(/C(=N/N)Nc2ccc3c(c2)NC(=O)CO3)c(O)cc1O. The van der Waals surface area contributed by atoms with E-state index in [4.69, 9.17) is 10.6 Å². The Morgan fingerprint density at radius 1 is 1.32 bits per heavy atom. The Balaban J connectivity index is 1.91. The molecule has 0 atom stereocenters. The lowest BCUT2D eigenvalue weighted by Gasteiger charge is -2.19. The van der Waals surface area contributed by atoms with Gasteiger partial charge in [0.25, 0.3) is 5.91 Å². The van der Waals surface area contributed by atoms with Gasteiger partial charge in [0.15, 0.2) is 12.4 Å². The first kappa shape index (κ1) is 16.4. The Labute approximate surface area is 143 Å². The number of carbonyl (C=O) groups excluding carboxylic acids is 1. The number of benzene rings is 2. The number of rotatable bonds is 3. The normalized spacial score (nSPS) is 13.6. The zero-order chi connectivity index (χ0) is 18.0. The van der Waals surface area contributed by atoms with Gasteiger partial charge in [-0.25, -0.2) is 0 Å². The Hall–Kier alpha value is -3.42. The third kappa shape index (κ3) is 3.27. The van der Waals surface area contributed by atoms with Crippen LogP contribution in [0.25, 0.3) is 0 Å². The lowest BCUT2D eigenvalue weighted by Crippen LogP contribution is -2.25. The second kappa shape index (κ2) is 6.60. The molecule has 1 aliphatic heterocycles. The summed E-state index contributed by atoms with van der Waals surface area (Å²) in [4.78, 5) is 11.4. The molecule has 0 aromatic heterocycles. The number of phenols is 2. The van der Waals surface area contributed by atoms with Crippen LogP contribution in [-0.2, 0) is 11.2 Å². The fourth-order valence-electron chi connectivity index (χ4n) is 2.56. The molecule has 8 nitrogen and oxygen atoms in total. The van der Waals surface area contributed by atoms with E-state index in [1.807, 2.05) is 6.92 Å². The Kier molecular flexibility index (Phi) is 4.34. The maximum Gasteiger partial charge on any atom is 0.262 e. The number of phenolic OH excluding ortho intramolecular Hbond substituents is 2. The minimum absolute atomic E-state index is 0.00811. The smallest absolute Gasteiger partial charge is 0.262 e. The van der Waals surface area contributed by atoms with Crippen molar-refractivity contribution < 1.29 is 19.7 Å². The van der Waals surface area contributed by atoms with Crippen LogP contribution in [0, 0.1) is 0 Å². The summed E-state index contributed by atoms with van der Waals surface area (Å²) in [5.41, 5.74) is 2.14. The van der Waals surface area contributed by atoms with Crippen LogP contribution >= 0.6 is 0 Å². The summed E-state index contributed by atoms with van der Waals surface area (Å²) >= 11 is 0.